The van der Waals surface area contributed by atoms with Gasteiger partial charge in [0.15, 0.2) is 11.6 Å². The van der Waals surface area contributed by atoms with Crippen LogP contribution in [0.4, 0.5) is 20.2 Å². The average Bonchev–Trinajstić information content (AvgIpc) is 2.32. The molecule has 1 saturated heterocycles. The van der Waals surface area contributed by atoms with Crippen LogP contribution in [-0.4, -0.2) is 24.9 Å². The van der Waals surface area contributed by atoms with Crippen molar-refractivity contribution in [1.82, 2.24) is 5.32 Å². The van der Waals surface area contributed by atoms with Crippen LogP contribution in [0.2, 0.25) is 0 Å². The highest BCUT2D eigenvalue weighted by Gasteiger charge is 2.29. The molecule has 0 spiro atoms. The maximum Gasteiger partial charge on any atom is 0.227 e. The number of benzene rings is 1. The second kappa shape index (κ2) is 6.17. The number of nitrogens with one attached hydrogen (secondary N) is 3. The number of anilines is 2. The molecule has 7 heteroatoms. The van der Waals surface area contributed by atoms with Crippen molar-refractivity contribution in [2.75, 3.05) is 23.7 Å². The Morgan fingerprint density at radius 2 is 1.71 bits per heavy atom. The highest BCUT2D eigenvalue weighted by molar-refractivity contribution is 5.99. The second-order valence-electron chi connectivity index (χ2n) is 5.19. The van der Waals surface area contributed by atoms with Crippen LogP contribution in [0.1, 0.15) is 13.8 Å². The van der Waals surface area contributed by atoms with Gasteiger partial charge in [0.05, 0.1) is 11.4 Å². The van der Waals surface area contributed by atoms with Gasteiger partial charge in [-0.05, 0) is 19.0 Å². The Hall–Kier alpha value is -2.02. The van der Waals surface area contributed by atoms with E-state index in [0.29, 0.717) is 0 Å². The van der Waals surface area contributed by atoms with Gasteiger partial charge in [0.2, 0.25) is 11.8 Å². The molecule has 21 heavy (non-hydrogen) atoms. The molecule has 1 aliphatic rings. The molecule has 1 unspecified atom stereocenters. The summed E-state index contributed by atoms with van der Waals surface area (Å²) in [5.41, 5.74) is 0.0851. The average molecular weight is 297 g/mol. The molecular formula is C14H17F2N3O2. The molecule has 1 aromatic carbocycles. The molecule has 2 rings (SSSR count). The summed E-state index contributed by atoms with van der Waals surface area (Å²) < 4.78 is 26.6. The fourth-order valence-electron chi connectivity index (χ4n) is 2.07. The van der Waals surface area contributed by atoms with Crippen LogP contribution in [-0.2, 0) is 9.59 Å². The van der Waals surface area contributed by atoms with Gasteiger partial charge in [0.25, 0.3) is 0 Å². The second-order valence-corrected chi connectivity index (χ2v) is 5.19. The molecular weight excluding hydrogens is 280 g/mol. The molecule has 3 N–H and O–H groups in total. The largest absolute Gasteiger partial charge is 0.324 e. The van der Waals surface area contributed by atoms with Gasteiger partial charge in [-0.15, -0.1) is 0 Å². The topological polar surface area (TPSA) is 70.2 Å². The molecule has 1 fully saturated rings. The highest BCUT2D eigenvalue weighted by atomic mass is 19.2. The first-order chi connectivity index (χ1) is 9.88. The fraction of sp³-hybridized carbons (Fsp3) is 0.429. The maximum atomic E-state index is 13.3. The van der Waals surface area contributed by atoms with Crippen LogP contribution in [0.15, 0.2) is 12.1 Å². The Balaban J connectivity index is 2.18. The maximum absolute atomic E-state index is 13.3. The number of amides is 2. The van der Waals surface area contributed by atoms with Gasteiger partial charge in [0.1, 0.15) is 0 Å². The lowest BCUT2D eigenvalue weighted by molar-refractivity contribution is -0.121. The monoisotopic (exact) mass is 297 g/mol. The van der Waals surface area contributed by atoms with Gasteiger partial charge >= 0.3 is 0 Å². The summed E-state index contributed by atoms with van der Waals surface area (Å²) in [6, 6.07) is 1.71. The SMILES string of the molecule is CC(=O)Nc1cc(F)c(F)cc1NC(=O)C(C)C1CNC1. The van der Waals surface area contributed by atoms with Gasteiger partial charge < -0.3 is 16.0 Å². The van der Waals surface area contributed by atoms with Gasteiger partial charge in [-0.25, -0.2) is 8.78 Å². The van der Waals surface area contributed by atoms with Crippen LogP contribution >= 0.6 is 0 Å². The van der Waals surface area contributed by atoms with E-state index < -0.39 is 17.5 Å². The molecule has 0 aliphatic carbocycles. The number of hydrogen-bond donors (Lipinski definition) is 3. The molecule has 0 radical (unpaired) electrons. The fourth-order valence-corrected chi connectivity index (χ4v) is 2.07. The molecule has 114 valence electrons. The minimum absolute atomic E-state index is 0.0358. The van der Waals surface area contributed by atoms with Crippen molar-refractivity contribution in [3.8, 4) is 0 Å². The summed E-state index contributed by atoms with van der Waals surface area (Å²) in [7, 11) is 0. The quantitative estimate of drug-likeness (QED) is 0.792. The van der Waals surface area contributed by atoms with E-state index in [9.17, 15) is 18.4 Å². The Bertz CT molecular complexity index is 574. The number of rotatable bonds is 4. The van der Waals surface area contributed by atoms with Crippen molar-refractivity contribution in [1.29, 1.82) is 0 Å². The first-order valence-electron chi connectivity index (χ1n) is 6.66. The first kappa shape index (κ1) is 15.4. The molecule has 1 aromatic rings. The van der Waals surface area contributed by atoms with Crippen molar-refractivity contribution in [2.24, 2.45) is 11.8 Å². The summed E-state index contributed by atoms with van der Waals surface area (Å²) in [6.45, 7) is 4.53. The molecule has 1 heterocycles. The van der Waals surface area contributed by atoms with Crippen molar-refractivity contribution < 1.29 is 18.4 Å². The smallest absolute Gasteiger partial charge is 0.227 e. The molecule has 2 amide bonds. The zero-order valence-corrected chi connectivity index (χ0v) is 11.8. The van der Waals surface area contributed by atoms with Crippen molar-refractivity contribution in [3.05, 3.63) is 23.8 Å². The summed E-state index contributed by atoms with van der Waals surface area (Å²) in [6.07, 6.45) is 0. The minimum Gasteiger partial charge on any atom is -0.324 e. The molecule has 1 atom stereocenters. The van der Waals surface area contributed by atoms with Crippen LogP contribution in [0.5, 0.6) is 0 Å². The molecule has 5 nitrogen and oxygen atoms in total. The standard InChI is InChI=1S/C14H17F2N3O2/c1-7(9-5-17-6-9)14(21)19-13-4-11(16)10(15)3-12(13)18-8(2)20/h3-4,7,9,17H,5-6H2,1-2H3,(H,18,20)(H,19,21). The summed E-state index contributed by atoms with van der Waals surface area (Å²) in [5.74, 6) is -2.94. The van der Waals surface area contributed by atoms with Crippen LogP contribution in [0.25, 0.3) is 0 Å². The van der Waals surface area contributed by atoms with E-state index in [2.05, 4.69) is 16.0 Å². The number of carbonyl (C=O) groups is 2. The Labute approximate surface area is 121 Å². The van der Waals surface area contributed by atoms with Crippen LogP contribution in [0, 0.1) is 23.5 Å². The van der Waals surface area contributed by atoms with E-state index in [1.807, 2.05) is 0 Å². The molecule has 0 saturated carbocycles. The Kier molecular flexibility index (Phi) is 4.52. The van der Waals surface area contributed by atoms with Crippen molar-refractivity contribution >= 4 is 23.2 Å². The van der Waals surface area contributed by atoms with Gasteiger partial charge in [0, 0.05) is 25.0 Å². The molecule has 0 aromatic heterocycles. The summed E-state index contributed by atoms with van der Waals surface area (Å²) >= 11 is 0. The Morgan fingerprint density at radius 1 is 1.19 bits per heavy atom. The zero-order valence-electron chi connectivity index (χ0n) is 11.8. The third-order valence-electron chi connectivity index (χ3n) is 3.56. The molecule has 1 aliphatic heterocycles. The van der Waals surface area contributed by atoms with E-state index >= 15 is 0 Å². The van der Waals surface area contributed by atoms with E-state index in [-0.39, 0.29) is 29.1 Å². The van der Waals surface area contributed by atoms with Gasteiger partial charge in [-0.3, -0.25) is 9.59 Å². The third-order valence-corrected chi connectivity index (χ3v) is 3.56. The van der Waals surface area contributed by atoms with Crippen molar-refractivity contribution in [2.45, 2.75) is 13.8 Å². The minimum atomic E-state index is -1.09. The summed E-state index contributed by atoms with van der Waals surface area (Å²) in [4.78, 5) is 23.2. The number of halogens is 2. The third kappa shape index (κ3) is 3.55. The van der Waals surface area contributed by atoms with Crippen LogP contribution in [0.3, 0.4) is 0 Å². The predicted molar refractivity (Wildman–Crippen MR) is 74.8 cm³/mol. The van der Waals surface area contributed by atoms with Crippen molar-refractivity contribution in [3.63, 3.8) is 0 Å². The lowest BCUT2D eigenvalue weighted by Gasteiger charge is -2.31. The first-order valence-corrected chi connectivity index (χ1v) is 6.66. The van der Waals surface area contributed by atoms with E-state index in [1.54, 1.807) is 6.92 Å². The zero-order chi connectivity index (χ0) is 15.6. The van der Waals surface area contributed by atoms with E-state index in [1.165, 1.54) is 6.92 Å². The lowest BCUT2D eigenvalue weighted by atomic mass is 9.88. The van der Waals surface area contributed by atoms with Crippen LogP contribution < -0.4 is 16.0 Å². The Morgan fingerprint density at radius 3 is 2.14 bits per heavy atom. The lowest BCUT2D eigenvalue weighted by Crippen LogP contribution is -2.48. The summed E-state index contributed by atoms with van der Waals surface area (Å²) in [5, 5.41) is 7.98. The van der Waals surface area contributed by atoms with Gasteiger partial charge in [-0.2, -0.15) is 0 Å². The number of carbonyl (C=O) groups excluding carboxylic acids is 2. The number of hydrogen-bond acceptors (Lipinski definition) is 3. The normalized spacial score (nSPS) is 16.0. The highest BCUT2D eigenvalue weighted by Crippen LogP contribution is 2.27. The van der Waals surface area contributed by atoms with E-state index in [4.69, 9.17) is 0 Å². The molecule has 0 bridgehead atoms. The predicted octanol–water partition coefficient (Wildman–Crippen LogP) is 1.72. The van der Waals surface area contributed by atoms with E-state index in [0.717, 1.165) is 25.2 Å². The van der Waals surface area contributed by atoms with Gasteiger partial charge in [-0.1, -0.05) is 6.92 Å².